The minimum atomic E-state index is -0.568. The molecule has 0 saturated carbocycles. The average molecular weight is 288 g/mol. The standard InChI is InChI=1S/C12H11Cl2NO3/c1-2-3-12(17)18-7-11(16)15-8-4-5-9(13)10(14)6-8/h2-6H,7H2,1H3,(H,15,16)/b3-2+. The van der Waals surface area contributed by atoms with Crippen molar-refractivity contribution in [3.8, 4) is 0 Å². The number of carbonyl (C=O) groups is 2. The molecular formula is C12H11Cl2NO3. The quantitative estimate of drug-likeness (QED) is 0.684. The van der Waals surface area contributed by atoms with Crippen LogP contribution in [-0.4, -0.2) is 18.5 Å². The van der Waals surface area contributed by atoms with Gasteiger partial charge >= 0.3 is 5.97 Å². The maximum atomic E-state index is 11.4. The molecular weight excluding hydrogens is 277 g/mol. The van der Waals surface area contributed by atoms with Crippen LogP contribution in [-0.2, 0) is 14.3 Å². The molecule has 0 aliphatic rings. The van der Waals surface area contributed by atoms with E-state index in [1.165, 1.54) is 18.2 Å². The van der Waals surface area contributed by atoms with E-state index in [-0.39, 0.29) is 6.61 Å². The van der Waals surface area contributed by atoms with Gasteiger partial charge < -0.3 is 10.1 Å². The second kappa shape index (κ2) is 7.03. The lowest BCUT2D eigenvalue weighted by Gasteiger charge is -2.06. The number of hydrogen-bond donors (Lipinski definition) is 1. The first kappa shape index (κ1) is 14.5. The van der Waals surface area contributed by atoms with Crippen LogP contribution in [0.15, 0.2) is 30.4 Å². The van der Waals surface area contributed by atoms with Gasteiger partial charge in [0.15, 0.2) is 6.61 Å². The highest BCUT2D eigenvalue weighted by atomic mass is 35.5. The predicted molar refractivity (Wildman–Crippen MR) is 70.9 cm³/mol. The van der Waals surface area contributed by atoms with E-state index in [9.17, 15) is 9.59 Å². The van der Waals surface area contributed by atoms with Crippen LogP contribution in [0.4, 0.5) is 5.69 Å². The van der Waals surface area contributed by atoms with Crippen molar-refractivity contribution in [2.24, 2.45) is 0 Å². The van der Waals surface area contributed by atoms with Crippen LogP contribution >= 0.6 is 23.2 Å². The smallest absolute Gasteiger partial charge is 0.330 e. The summed E-state index contributed by atoms with van der Waals surface area (Å²) in [4.78, 5) is 22.4. The highest BCUT2D eigenvalue weighted by Crippen LogP contribution is 2.24. The Hall–Kier alpha value is -1.52. The molecule has 0 fully saturated rings. The lowest BCUT2D eigenvalue weighted by atomic mass is 10.3. The van der Waals surface area contributed by atoms with Crippen LogP contribution < -0.4 is 5.32 Å². The van der Waals surface area contributed by atoms with Crippen molar-refractivity contribution in [1.29, 1.82) is 0 Å². The Balaban J connectivity index is 2.49. The Morgan fingerprint density at radius 2 is 2.06 bits per heavy atom. The molecule has 1 aromatic carbocycles. The van der Waals surface area contributed by atoms with Gasteiger partial charge in [-0.3, -0.25) is 4.79 Å². The molecule has 18 heavy (non-hydrogen) atoms. The fourth-order valence-electron chi connectivity index (χ4n) is 1.09. The fourth-order valence-corrected chi connectivity index (χ4v) is 1.39. The number of hydrogen-bond acceptors (Lipinski definition) is 3. The van der Waals surface area contributed by atoms with Crippen LogP contribution in [0.3, 0.4) is 0 Å². The molecule has 1 aromatic rings. The fraction of sp³-hybridized carbons (Fsp3) is 0.167. The molecule has 1 N–H and O–H groups in total. The van der Waals surface area contributed by atoms with E-state index < -0.39 is 11.9 Å². The predicted octanol–water partition coefficient (Wildman–Crippen LogP) is 3.05. The SMILES string of the molecule is C/C=C/C(=O)OCC(=O)Nc1ccc(Cl)c(Cl)c1. The Bertz CT molecular complexity index is 486. The van der Waals surface area contributed by atoms with Gasteiger partial charge in [0.05, 0.1) is 10.0 Å². The Morgan fingerprint density at radius 3 is 2.67 bits per heavy atom. The first-order valence-electron chi connectivity index (χ1n) is 5.07. The maximum Gasteiger partial charge on any atom is 0.330 e. The summed E-state index contributed by atoms with van der Waals surface area (Å²) in [6.07, 6.45) is 2.76. The number of carbonyl (C=O) groups excluding carboxylic acids is 2. The average Bonchev–Trinajstić information content (AvgIpc) is 2.32. The largest absolute Gasteiger partial charge is 0.452 e. The summed E-state index contributed by atoms with van der Waals surface area (Å²) in [5.41, 5.74) is 0.483. The molecule has 0 heterocycles. The number of ether oxygens (including phenoxy) is 1. The number of halogens is 2. The number of benzene rings is 1. The molecule has 0 spiro atoms. The van der Waals surface area contributed by atoms with Crippen molar-refractivity contribution in [2.75, 3.05) is 11.9 Å². The highest BCUT2D eigenvalue weighted by molar-refractivity contribution is 6.42. The zero-order valence-corrected chi connectivity index (χ0v) is 11.1. The molecule has 0 aliphatic carbocycles. The summed E-state index contributed by atoms with van der Waals surface area (Å²) < 4.78 is 4.67. The molecule has 0 bridgehead atoms. The molecule has 0 aliphatic heterocycles. The molecule has 1 amide bonds. The number of esters is 1. The maximum absolute atomic E-state index is 11.4. The zero-order chi connectivity index (χ0) is 13.5. The van der Waals surface area contributed by atoms with Crippen LogP contribution in [0.1, 0.15) is 6.92 Å². The third-order valence-electron chi connectivity index (χ3n) is 1.85. The van der Waals surface area contributed by atoms with Gasteiger partial charge in [0.1, 0.15) is 0 Å². The zero-order valence-electron chi connectivity index (χ0n) is 9.57. The first-order valence-corrected chi connectivity index (χ1v) is 5.83. The molecule has 6 heteroatoms. The van der Waals surface area contributed by atoms with Crippen LogP contribution in [0, 0.1) is 0 Å². The van der Waals surface area contributed by atoms with Gasteiger partial charge in [-0.05, 0) is 25.1 Å². The Kier molecular flexibility index (Phi) is 5.68. The number of anilines is 1. The van der Waals surface area contributed by atoms with E-state index in [1.54, 1.807) is 19.1 Å². The third kappa shape index (κ3) is 4.77. The summed E-state index contributed by atoms with van der Waals surface area (Å²) in [6, 6.07) is 4.67. The minimum absolute atomic E-state index is 0.334. The van der Waals surface area contributed by atoms with E-state index in [0.717, 1.165) is 0 Å². The second-order valence-electron chi connectivity index (χ2n) is 3.28. The highest BCUT2D eigenvalue weighted by Gasteiger charge is 2.06. The van der Waals surface area contributed by atoms with Crippen molar-refractivity contribution in [1.82, 2.24) is 0 Å². The summed E-state index contributed by atoms with van der Waals surface area (Å²) in [5.74, 6) is -1.02. The lowest BCUT2D eigenvalue weighted by molar-refractivity contribution is -0.142. The molecule has 1 rings (SSSR count). The number of nitrogens with one attached hydrogen (secondary N) is 1. The van der Waals surface area contributed by atoms with Crippen LogP contribution in [0.5, 0.6) is 0 Å². The lowest BCUT2D eigenvalue weighted by Crippen LogP contribution is -2.20. The molecule has 0 atom stereocenters. The summed E-state index contributed by atoms with van der Waals surface area (Å²) >= 11 is 11.5. The number of rotatable bonds is 4. The molecule has 0 aromatic heterocycles. The van der Waals surface area contributed by atoms with Gasteiger partial charge in [-0.25, -0.2) is 4.79 Å². The van der Waals surface area contributed by atoms with E-state index in [0.29, 0.717) is 15.7 Å². The monoisotopic (exact) mass is 287 g/mol. The number of amides is 1. The van der Waals surface area contributed by atoms with Crippen molar-refractivity contribution >= 4 is 40.8 Å². The Labute approximate surface area is 115 Å². The van der Waals surface area contributed by atoms with Crippen molar-refractivity contribution in [2.45, 2.75) is 6.92 Å². The third-order valence-corrected chi connectivity index (χ3v) is 2.59. The molecule has 0 unspecified atom stereocenters. The normalized spacial score (nSPS) is 10.4. The molecule has 4 nitrogen and oxygen atoms in total. The van der Waals surface area contributed by atoms with Crippen molar-refractivity contribution in [3.05, 3.63) is 40.4 Å². The van der Waals surface area contributed by atoms with Crippen molar-refractivity contribution in [3.63, 3.8) is 0 Å². The van der Waals surface area contributed by atoms with Crippen molar-refractivity contribution < 1.29 is 14.3 Å². The second-order valence-corrected chi connectivity index (χ2v) is 4.10. The van der Waals surface area contributed by atoms with Gasteiger partial charge in [-0.15, -0.1) is 0 Å². The van der Waals surface area contributed by atoms with E-state index in [4.69, 9.17) is 23.2 Å². The summed E-state index contributed by atoms with van der Waals surface area (Å²) in [6.45, 7) is 1.32. The molecule has 0 saturated heterocycles. The Morgan fingerprint density at radius 1 is 1.33 bits per heavy atom. The van der Waals surface area contributed by atoms with Gasteiger partial charge in [0, 0.05) is 11.8 Å². The topological polar surface area (TPSA) is 55.4 Å². The molecule has 96 valence electrons. The van der Waals surface area contributed by atoms with E-state index in [1.807, 2.05) is 0 Å². The van der Waals surface area contributed by atoms with Gasteiger partial charge in [0.2, 0.25) is 0 Å². The number of allylic oxidation sites excluding steroid dienone is 1. The van der Waals surface area contributed by atoms with Crippen LogP contribution in [0.25, 0.3) is 0 Å². The first-order chi connectivity index (χ1) is 8.52. The van der Waals surface area contributed by atoms with E-state index in [2.05, 4.69) is 10.1 Å². The molecule has 0 radical (unpaired) electrons. The van der Waals surface area contributed by atoms with Crippen LogP contribution in [0.2, 0.25) is 10.0 Å². The van der Waals surface area contributed by atoms with Gasteiger partial charge in [0.25, 0.3) is 5.91 Å². The minimum Gasteiger partial charge on any atom is -0.452 e. The van der Waals surface area contributed by atoms with E-state index >= 15 is 0 Å². The van der Waals surface area contributed by atoms with Gasteiger partial charge in [-0.1, -0.05) is 29.3 Å². The van der Waals surface area contributed by atoms with Gasteiger partial charge in [-0.2, -0.15) is 0 Å². The summed E-state index contributed by atoms with van der Waals surface area (Å²) in [5, 5.41) is 3.26. The summed E-state index contributed by atoms with van der Waals surface area (Å²) in [7, 11) is 0.